The van der Waals surface area contributed by atoms with Gasteiger partial charge in [0.1, 0.15) is 19.0 Å². The first-order chi connectivity index (χ1) is 10.2. The van der Waals surface area contributed by atoms with Crippen LogP contribution in [0.4, 0.5) is 0 Å². The molecule has 0 aromatic heterocycles. The van der Waals surface area contributed by atoms with Crippen molar-refractivity contribution in [3.63, 3.8) is 0 Å². The quantitative estimate of drug-likeness (QED) is 0.449. The van der Waals surface area contributed by atoms with Gasteiger partial charge in [0.15, 0.2) is 6.35 Å². The van der Waals surface area contributed by atoms with Crippen LogP contribution < -0.4 is 0 Å². The molecule has 0 saturated carbocycles. The van der Waals surface area contributed by atoms with Crippen LogP contribution in [-0.4, -0.2) is 62.7 Å². The van der Waals surface area contributed by atoms with Crippen LogP contribution in [0, 0.1) is 0 Å². The molecule has 0 saturated heterocycles. The third kappa shape index (κ3) is 11.8. The van der Waals surface area contributed by atoms with Crippen LogP contribution in [0.25, 0.3) is 0 Å². The number of methoxy groups -OCH3 is 1. The molecule has 0 aliphatic heterocycles. The second kappa shape index (κ2) is 9.37. The fourth-order valence-corrected chi connectivity index (χ4v) is 6.33. The molecule has 0 aromatic carbocycles. The van der Waals surface area contributed by atoms with Crippen molar-refractivity contribution in [3.05, 3.63) is 0 Å². The van der Waals surface area contributed by atoms with Gasteiger partial charge in [-0.05, 0) is 0 Å². The van der Waals surface area contributed by atoms with E-state index in [0.29, 0.717) is 0 Å². The lowest BCUT2D eigenvalue weighted by Crippen LogP contribution is -2.06. The third-order valence-corrected chi connectivity index (χ3v) is 7.19. The lowest BCUT2D eigenvalue weighted by Gasteiger charge is -2.21. The van der Waals surface area contributed by atoms with E-state index in [-0.39, 0.29) is 0 Å². The summed E-state index contributed by atoms with van der Waals surface area (Å²) in [5, 5.41) is 0. The number of ether oxygens (including phenoxy) is 1. The maximum Gasteiger partial charge on any atom is 0.357 e. The highest BCUT2D eigenvalue weighted by Gasteiger charge is 2.32. The second-order valence-corrected chi connectivity index (χ2v) is 13.5. The monoisotopic (exact) mass is 418 g/mol. The highest BCUT2D eigenvalue weighted by molar-refractivity contribution is 7.61. The maximum absolute atomic E-state index is 12.3. The molecule has 4 unspecified atom stereocenters. The minimum absolute atomic E-state index is 0.538. The summed E-state index contributed by atoms with van der Waals surface area (Å²) in [4.78, 5) is 18.3. The lowest BCUT2D eigenvalue weighted by molar-refractivity contribution is 0.177. The predicted octanol–water partition coefficient (Wildman–Crippen LogP) is 2.35. The Kier molecular flexibility index (Phi) is 9.63. The number of hydrogen-bond acceptors (Lipinski definition) is 9. The van der Waals surface area contributed by atoms with Crippen molar-refractivity contribution in [2.24, 2.45) is 0 Å². The van der Waals surface area contributed by atoms with Crippen LogP contribution in [0.15, 0.2) is 0 Å². The van der Waals surface area contributed by atoms with Crippen molar-refractivity contribution < 1.29 is 50.9 Å². The van der Waals surface area contributed by atoms with Gasteiger partial charge in [-0.2, -0.15) is 0 Å². The summed E-state index contributed by atoms with van der Waals surface area (Å²) in [6.07, 6.45) is -2.82. The largest absolute Gasteiger partial charge is 0.372 e. The van der Waals surface area contributed by atoms with E-state index in [1.54, 1.807) is 0 Å². The van der Waals surface area contributed by atoms with E-state index >= 15 is 0 Å². The Morgan fingerprint density at radius 2 is 1.30 bits per heavy atom. The van der Waals surface area contributed by atoms with Gasteiger partial charge >= 0.3 is 15.2 Å². The van der Waals surface area contributed by atoms with Gasteiger partial charge in [-0.15, -0.1) is 0 Å². The normalized spacial score (nSPS) is 22.5. The molecule has 0 rings (SSSR count). The zero-order chi connectivity index (χ0) is 18.4. The van der Waals surface area contributed by atoms with Gasteiger partial charge in [-0.25, -0.2) is 0 Å². The van der Waals surface area contributed by atoms with Crippen LogP contribution in [0.1, 0.15) is 0 Å². The standard InChI is InChI=1S/C8H22O11P4/c1-15-5-23(14,18-6-20(3,9)10)19-7-21(4,11)17-8-22(12,13)16-2/h5-8H2,1-4H3,(H,9,10)(H,12,13). The maximum atomic E-state index is 12.3. The summed E-state index contributed by atoms with van der Waals surface area (Å²) >= 11 is 0. The lowest BCUT2D eigenvalue weighted by atomic mass is 11.5. The minimum atomic E-state index is -4.03. The molecule has 15 heteroatoms. The van der Waals surface area contributed by atoms with Crippen LogP contribution in [0.2, 0.25) is 0 Å². The summed E-state index contributed by atoms with van der Waals surface area (Å²) < 4.78 is 70.1. The highest BCUT2D eigenvalue weighted by atomic mass is 31.2. The first kappa shape index (κ1) is 23.6. The van der Waals surface area contributed by atoms with Gasteiger partial charge in [0.25, 0.3) is 0 Å². The van der Waals surface area contributed by atoms with Gasteiger partial charge in [0, 0.05) is 27.5 Å². The summed E-state index contributed by atoms with van der Waals surface area (Å²) in [5.74, 6) is 0. The van der Waals surface area contributed by atoms with Crippen molar-refractivity contribution in [2.45, 2.75) is 0 Å². The molecular formula is C8H22O11P4. The molecule has 140 valence electrons. The Bertz CT molecular complexity index is 554. The number of rotatable bonds is 12. The molecule has 0 aromatic rings. The van der Waals surface area contributed by atoms with E-state index in [0.717, 1.165) is 20.4 Å². The fourth-order valence-electron chi connectivity index (χ4n) is 0.943. The van der Waals surface area contributed by atoms with E-state index in [1.807, 2.05) is 0 Å². The number of hydrogen-bond donors (Lipinski definition) is 2. The molecule has 0 spiro atoms. The molecule has 0 aliphatic carbocycles. The first-order valence-electron chi connectivity index (χ1n) is 5.99. The van der Waals surface area contributed by atoms with E-state index in [9.17, 15) is 18.3 Å². The van der Waals surface area contributed by atoms with Crippen molar-refractivity contribution in [3.8, 4) is 0 Å². The fraction of sp³-hybridized carbons (Fsp3) is 1.00. The van der Waals surface area contributed by atoms with Crippen molar-refractivity contribution in [2.75, 3.05) is 52.9 Å². The molecule has 23 heavy (non-hydrogen) atoms. The third-order valence-electron chi connectivity index (χ3n) is 2.05. The topological polar surface area (TPSA) is 155 Å². The van der Waals surface area contributed by atoms with Gasteiger partial charge in [0.2, 0.25) is 14.7 Å². The average Bonchev–Trinajstić information content (AvgIpc) is 2.41. The molecule has 0 bridgehead atoms. The first-order valence-corrected chi connectivity index (χ1v) is 14.0. The summed E-state index contributed by atoms with van der Waals surface area (Å²) in [5.41, 5.74) is 0. The molecule has 4 atom stereocenters. The molecule has 0 amide bonds. The molecule has 0 heterocycles. The average molecular weight is 418 g/mol. The van der Waals surface area contributed by atoms with Crippen molar-refractivity contribution in [1.82, 2.24) is 0 Å². The Morgan fingerprint density at radius 3 is 1.74 bits per heavy atom. The predicted molar refractivity (Wildman–Crippen MR) is 83.5 cm³/mol. The van der Waals surface area contributed by atoms with Gasteiger partial charge in [-0.3, -0.25) is 27.3 Å². The van der Waals surface area contributed by atoms with Gasteiger partial charge in [-0.1, -0.05) is 0 Å². The Hall–Kier alpha value is 0.640. The summed E-state index contributed by atoms with van der Waals surface area (Å²) in [7, 11) is -13.0. The molecule has 0 radical (unpaired) electrons. The van der Waals surface area contributed by atoms with Gasteiger partial charge in [0.05, 0.1) is 0 Å². The summed E-state index contributed by atoms with van der Waals surface area (Å²) in [6.45, 7) is 2.10. The Labute approximate surface area is 134 Å². The van der Waals surface area contributed by atoms with Crippen LogP contribution in [0.3, 0.4) is 0 Å². The Morgan fingerprint density at radius 1 is 0.783 bits per heavy atom. The van der Waals surface area contributed by atoms with Crippen LogP contribution in [-0.2, 0) is 41.1 Å². The van der Waals surface area contributed by atoms with Crippen LogP contribution in [0.5, 0.6) is 0 Å². The van der Waals surface area contributed by atoms with E-state index < -0.39 is 55.3 Å². The minimum Gasteiger partial charge on any atom is -0.372 e. The van der Waals surface area contributed by atoms with Crippen molar-refractivity contribution in [1.29, 1.82) is 0 Å². The molecule has 11 nitrogen and oxygen atoms in total. The van der Waals surface area contributed by atoms with E-state index in [1.165, 1.54) is 7.11 Å². The van der Waals surface area contributed by atoms with Crippen molar-refractivity contribution >= 4 is 29.9 Å². The molecular weight excluding hydrogens is 396 g/mol. The van der Waals surface area contributed by atoms with Gasteiger partial charge < -0.3 is 23.6 Å². The van der Waals surface area contributed by atoms with E-state index in [4.69, 9.17) is 23.4 Å². The zero-order valence-corrected chi connectivity index (χ0v) is 16.8. The molecule has 2 N–H and O–H groups in total. The summed E-state index contributed by atoms with van der Waals surface area (Å²) in [6, 6.07) is 0. The zero-order valence-electron chi connectivity index (χ0n) is 13.2. The Balaban J connectivity index is 4.71. The molecule has 0 aliphatic rings. The van der Waals surface area contributed by atoms with Crippen LogP contribution >= 0.6 is 29.9 Å². The second-order valence-electron chi connectivity index (χ2n) is 4.69. The highest BCUT2D eigenvalue weighted by Crippen LogP contribution is 2.57. The van der Waals surface area contributed by atoms with E-state index in [2.05, 4.69) is 9.26 Å². The molecule has 0 fully saturated rings. The smallest absolute Gasteiger partial charge is 0.357 e. The SMILES string of the molecule is COCP(=O)(OCP(C)(=O)O)OCP(C)(=O)OCP(=O)(O)OC.